The fraction of sp³-hybridized carbons (Fsp3) is 0.294. The van der Waals surface area contributed by atoms with Crippen molar-refractivity contribution in [3.63, 3.8) is 0 Å². The topological polar surface area (TPSA) is 82.6 Å². The maximum absolute atomic E-state index is 12.0. The van der Waals surface area contributed by atoms with Crippen molar-refractivity contribution in [3.05, 3.63) is 48.3 Å². The van der Waals surface area contributed by atoms with Gasteiger partial charge in [-0.05, 0) is 25.0 Å². The molecule has 1 aromatic carbocycles. The van der Waals surface area contributed by atoms with E-state index in [1.54, 1.807) is 6.92 Å². The van der Waals surface area contributed by atoms with Gasteiger partial charge in [-0.3, -0.25) is 4.79 Å². The van der Waals surface area contributed by atoms with E-state index in [-0.39, 0.29) is 6.61 Å². The predicted molar refractivity (Wildman–Crippen MR) is 84.4 cm³/mol. The molecule has 0 spiro atoms. The smallest absolute Gasteiger partial charge is 0.368 e. The molecule has 0 bridgehead atoms. The maximum Gasteiger partial charge on any atom is 0.368 e. The third kappa shape index (κ3) is 2.51. The van der Waals surface area contributed by atoms with Crippen LogP contribution in [0.5, 0.6) is 0 Å². The Morgan fingerprint density at radius 2 is 2.17 bits per heavy atom. The quantitative estimate of drug-likeness (QED) is 0.643. The first-order chi connectivity index (χ1) is 11.1. The van der Waals surface area contributed by atoms with E-state index in [9.17, 15) is 14.7 Å². The molecule has 2 heterocycles. The maximum atomic E-state index is 12.0. The minimum Gasteiger partial charge on any atom is -0.462 e. The van der Waals surface area contributed by atoms with Gasteiger partial charge in [-0.25, -0.2) is 4.79 Å². The van der Waals surface area contributed by atoms with E-state index < -0.39 is 17.5 Å². The van der Waals surface area contributed by atoms with Crippen LogP contribution in [-0.4, -0.2) is 45.6 Å². The SMILES string of the molecule is CCOC(=O)C1(O)C(=O)C=CN1CCc1c[nH]c2ccccc12. The van der Waals surface area contributed by atoms with E-state index in [1.165, 1.54) is 17.2 Å². The predicted octanol–water partition coefficient (Wildman–Crippen LogP) is 1.36. The molecule has 0 saturated carbocycles. The number of ketones is 1. The minimum absolute atomic E-state index is 0.102. The Morgan fingerprint density at radius 3 is 2.96 bits per heavy atom. The zero-order chi connectivity index (χ0) is 16.4. The van der Waals surface area contributed by atoms with Gasteiger partial charge in [0, 0.05) is 35.9 Å². The number of para-hydroxylation sites is 1. The number of nitrogens with zero attached hydrogens (tertiary/aromatic N) is 1. The van der Waals surface area contributed by atoms with Crippen molar-refractivity contribution in [2.45, 2.75) is 19.1 Å². The van der Waals surface area contributed by atoms with Gasteiger partial charge in [-0.2, -0.15) is 0 Å². The van der Waals surface area contributed by atoms with E-state index >= 15 is 0 Å². The second-order valence-corrected chi connectivity index (χ2v) is 5.38. The summed E-state index contributed by atoms with van der Waals surface area (Å²) in [7, 11) is 0. The second kappa shape index (κ2) is 5.89. The molecule has 1 aromatic heterocycles. The average Bonchev–Trinajstić information content (AvgIpc) is 3.09. The number of fused-ring (bicyclic) bond motifs is 1. The van der Waals surface area contributed by atoms with Gasteiger partial charge in [0.25, 0.3) is 0 Å². The molecule has 2 N–H and O–H groups in total. The van der Waals surface area contributed by atoms with E-state index in [0.29, 0.717) is 13.0 Å². The average molecular weight is 314 g/mol. The Bertz CT molecular complexity index is 780. The Morgan fingerprint density at radius 1 is 1.39 bits per heavy atom. The van der Waals surface area contributed by atoms with Crippen molar-refractivity contribution in [3.8, 4) is 0 Å². The molecule has 0 amide bonds. The summed E-state index contributed by atoms with van der Waals surface area (Å²) in [6.07, 6.45) is 5.11. The lowest BCUT2D eigenvalue weighted by Crippen LogP contribution is -2.56. The van der Waals surface area contributed by atoms with Crippen LogP contribution < -0.4 is 0 Å². The van der Waals surface area contributed by atoms with E-state index in [1.807, 2.05) is 30.5 Å². The molecule has 6 heteroatoms. The first kappa shape index (κ1) is 15.3. The van der Waals surface area contributed by atoms with Crippen LogP contribution in [0.25, 0.3) is 10.9 Å². The zero-order valence-electron chi connectivity index (χ0n) is 12.8. The zero-order valence-corrected chi connectivity index (χ0v) is 12.8. The van der Waals surface area contributed by atoms with Gasteiger partial charge in [0.2, 0.25) is 5.78 Å². The molecule has 1 unspecified atom stereocenters. The Labute approximate surface area is 133 Å². The van der Waals surface area contributed by atoms with Crippen LogP contribution >= 0.6 is 0 Å². The largest absolute Gasteiger partial charge is 0.462 e. The molecular weight excluding hydrogens is 296 g/mol. The summed E-state index contributed by atoms with van der Waals surface area (Å²) in [6, 6.07) is 7.88. The molecule has 0 saturated heterocycles. The van der Waals surface area contributed by atoms with Crippen molar-refractivity contribution in [2.75, 3.05) is 13.2 Å². The summed E-state index contributed by atoms with van der Waals surface area (Å²) in [5, 5.41) is 11.6. The van der Waals surface area contributed by atoms with Crippen LogP contribution in [0.3, 0.4) is 0 Å². The number of aromatic amines is 1. The summed E-state index contributed by atoms with van der Waals surface area (Å²) in [5.74, 6) is -1.61. The number of esters is 1. The number of rotatable bonds is 5. The number of carbonyl (C=O) groups excluding carboxylic acids is 2. The highest BCUT2D eigenvalue weighted by Gasteiger charge is 2.51. The fourth-order valence-corrected chi connectivity index (χ4v) is 2.79. The summed E-state index contributed by atoms with van der Waals surface area (Å²) in [5.41, 5.74) is -0.168. The lowest BCUT2D eigenvalue weighted by Gasteiger charge is -2.30. The number of H-pyrrole nitrogens is 1. The number of aromatic nitrogens is 1. The highest BCUT2D eigenvalue weighted by molar-refractivity contribution is 6.13. The standard InChI is InChI=1S/C17H18N2O4/c1-2-23-16(21)17(22)15(20)8-10-19(17)9-7-12-11-18-14-6-4-3-5-13(12)14/h3-6,8,10-11,18,22H,2,7,9H2,1H3. The van der Waals surface area contributed by atoms with Crippen molar-refractivity contribution < 1.29 is 19.4 Å². The molecule has 3 rings (SSSR count). The van der Waals surface area contributed by atoms with Gasteiger partial charge in [-0.1, -0.05) is 18.2 Å². The number of nitrogens with one attached hydrogen (secondary N) is 1. The molecule has 23 heavy (non-hydrogen) atoms. The van der Waals surface area contributed by atoms with Gasteiger partial charge in [0.15, 0.2) is 0 Å². The number of aliphatic hydroxyl groups is 1. The van der Waals surface area contributed by atoms with E-state index in [0.717, 1.165) is 16.5 Å². The van der Waals surface area contributed by atoms with Gasteiger partial charge >= 0.3 is 11.7 Å². The van der Waals surface area contributed by atoms with E-state index in [4.69, 9.17) is 4.74 Å². The molecule has 1 aliphatic rings. The molecular formula is C17H18N2O4. The number of benzene rings is 1. The lowest BCUT2D eigenvalue weighted by molar-refractivity contribution is -0.183. The Kier molecular flexibility index (Phi) is 3.92. The van der Waals surface area contributed by atoms with Gasteiger partial charge in [0.1, 0.15) is 0 Å². The van der Waals surface area contributed by atoms with E-state index in [2.05, 4.69) is 4.98 Å². The third-order valence-corrected chi connectivity index (χ3v) is 4.02. The molecule has 0 radical (unpaired) electrons. The van der Waals surface area contributed by atoms with Crippen molar-refractivity contribution >= 4 is 22.7 Å². The molecule has 0 fully saturated rings. The summed E-state index contributed by atoms with van der Waals surface area (Å²) >= 11 is 0. The highest BCUT2D eigenvalue weighted by atomic mass is 16.6. The first-order valence-electron chi connectivity index (χ1n) is 7.51. The molecule has 120 valence electrons. The lowest BCUT2D eigenvalue weighted by atomic mass is 10.1. The van der Waals surface area contributed by atoms with Gasteiger partial charge in [-0.15, -0.1) is 0 Å². The van der Waals surface area contributed by atoms with Crippen LogP contribution in [-0.2, 0) is 20.7 Å². The van der Waals surface area contributed by atoms with Crippen LogP contribution in [0.2, 0.25) is 0 Å². The van der Waals surface area contributed by atoms with Crippen LogP contribution in [0, 0.1) is 0 Å². The van der Waals surface area contributed by atoms with Crippen molar-refractivity contribution in [1.82, 2.24) is 9.88 Å². The van der Waals surface area contributed by atoms with Crippen LogP contribution in [0.15, 0.2) is 42.7 Å². The van der Waals surface area contributed by atoms with Crippen LogP contribution in [0.1, 0.15) is 12.5 Å². The van der Waals surface area contributed by atoms with Gasteiger partial charge in [0.05, 0.1) is 6.61 Å². The second-order valence-electron chi connectivity index (χ2n) is 5.38. The Hall–Kier alpha value is -2.60. The first-order valence-corrected chi connectivity index (χ1v) is 7.51. The molecule has 1 aliphatic heterocycles. The monoisotopic (exact) mass is 314 g/mol. The summed E-state index contributed by atoms with van der Waals surface area (Å²) < 4.78 is 4.84. The molecule has 2 aromatic rings. The van der Waals surface area contributed by atoms with Crippen molar-refractivity contribution in [2.24, 2.45) is 0 Å². The number of carbonyl (C=O) groups is 2. The fourth-order valence-electron chi connectivity index (χ4n) is 2.79. The number of hydrogen-bond acceptors (Lipinski definition) is 5. The molecule has 1 atom stereocenters. The number of hydrogen-bond donors (Lipinski definition) is 2. The third-order valence-electron chi connectivity index (χ3n) is 4.02. The van der Waals surface area contributed by atoms with Gasteiger partial charge < -0.3 is 19.7 Å². The van der Waals surface area contributed by atoms with Crippen LogP contribution in [0.4, 0.5) is 0 Å². The van der Waals surface area contributed by atoms with Crippen molar-refractivity contribution in [1.29, 1.82) is 0 Å². The minimum atomic E-state index is -2.25. The highest BCUT2D eigenvalue weighted by Crippen LogP contribution is 2.25. The summed E-state index contributed by atoms with van der Waals surface area (Å²) in [4.78, 5) is 28.4. The Balaban J connectivity index is 1.78. The summed E-state index contributed by atoms with van der Waals surface area (Å²) in [6.45, 7) is 2.05. The molecule has 0 aliphatic carbocycles. The molecule has 6 nitrogen and oxygen atoms in total. The normalized spacial score (nSPS) is 20.4. The number of ether oxygens (including phenoxy) is 1.